The van der Waals surface area contributed by atoms with Crippen LogP contribution in [0.25, 0.3) is 0 Å². The molecule has 3 N–H and O–H groups in total. The second-order valence-electron chi connectivity index (χ2n) is 4.00. The molecule has 2 aromatic rings. The van der Waals surface area contributed by atoms with Gasteiger partial charge >= 0.3 is 0 Å². The van der Waals surface area contributed by atoms with Crippen LogP contribution in [0.1, 0.15) is 17.4 Å². The first-order valence-electron chi connectivity index (χ1n) is 5.79. The zero-order valence-electron chi connectivity index (χ0n) is 10.8. The molecule has 20 heavy (non-hydrogen) atoms. The van der Waals surface area contributed by atoms with Crippen molar-refractivity contribution in [3.63, 3.8) is 0 Å². The van der Waals surface area contributed by atoms with E-state index in [9.17, 15) is 9.59 Å². The van der Waals surface area contributed by atoms with Gasteiger partial charge in [0.25, 0.3) is 5.91 Å². The van der Waals surface area contributed by atoms with Crippen molar-refractivity contribution < 1.29 is 14.3 Å². The van der Waals surface area contributed by atoms with E-state index in [0.29, 0.717) is 22.3 Å². The molecule has 0 unspecified atom stereocenters. The third-order valence-corrected chi connectivity index (χ3v) is 3.12. The summed E-state index contributed by atoms with van der Waals surface area (Å²) in [5.41, 5.74) is 6.51. The molecule has 1 heterocycles. The third-order valence-electron chi connectivity index (χ3n) is 2.36. The Morgan fingerprint density at radius 1 is 1.35 bits per heavy atom. The summed E-state index contributed by atoms with van der Waals surface area (Å²) in [6, 6.07) is 6.74. The van der Waals surface area contributed by atoms with Gasteiger partial charge in [0.2, 0.25) is 0 Å². The van der Waals surface area contributed by atoms with Crippen LogP contribution in [0.4, 0.5) is 10.8 Å². The van der Waals surface area contributed by atoms with Gasteiger partial charge in [0.05, 0.1) is 0 Å². The van der Waals surface area contributed by atoms with E-state index in [1.807, 2.05) is 0 Å². The maximum absolute atomic E-state index is 11.7. The smallest absolute Gasteiger partial charge is 0.264 e. The highest BCUT2D eigenvalue weighted by Gasteiger charge is 2.09. The fourth-order valence-corrected chi connectivity index (χ4v) is 2.13. The Morgan fingerprint density at radius 3 is 2.65 bits per heavy atom. The molecule has 1 aromatic carbocycles. The zero-order valence-corrected chi connectivity index (χ0v) is 11.6. The number of nitrogens with two attached hydrogens (primary N) is 1. The molecule has 0 spiro atoms. The van der Waals surface area contributed by atoms with Crippen LogP contribution in [-0.2, 0) is 4.79 Å². The number of nitrogens with one attached hydrogen (secondary N) is 1. The van der Waals surface area contributed by atoms with Crippen molar-refractivity contribution in [1.82, 2.24) is 4.98 Å². The largest absolute Gasteiger partial charge is 0.484 e. The van der Waals surface area contributed by atoms with Gasteiger partial charge in [-0.25, -0.2) is 4.98 Å². The highest BCUT2D eigenvalue weighted by atomic mass is 32.1. The van der Waals surface area contributed by atoms with Crippen LogP contribution in [0.5, 0.6) is 5.75 Å². The topological polar surface area (TPSA) is 94.3 Å². The molecule has 104 valence electrons. The number of hydrogen-bond acceptors (Lipinski definition) is 6. The summed E-state index contributed by atoms with van der Waals surface area (Å²) in [4.78, 5) is 26.7. The van der Waals surface area contributed by atoms with E-state index in [1.165, 1.54) is 18.3 Å². The number of ketones is 1. The number of nitrogen functional groups attached to an aromatic ring is 1. The number of aromatic nitrogens is 1. The predicted molar refractivity (Wildman–Crippen MR) is 77.1 cm³/mol. The molecule has 0 radical (unpaired) electrons. The lowest BCUT2D eigenvalue weighted by molar-refractivity contribution is -0.118. The molecule has 0 saturated carbocycles. The number of carbonyl (C=O) groups excluding carboxylic acids is 2. The van der Waals surface area contributed by atoms with Crippen LogP contribution >= 0.6 is 11.3 Å². The molecule has 1 amide bonds. The molecular formula is C13H13N3O3S. The summed E-state index contributed by atoms with van der Waals surface area (Å²) >= 11 is 1.19. The Kier molecular flexibility index (Phi) is 4.31. The normalized spacial score (nSPS) is 10.1. The highest BCUT2D eigenvalue weighted by molar-refractivity contribution is 7.14. The maximum Gasteiger partial charge on any atom is 0.264 e. The summed E-state index contributed by atoms with van der Waals surface area (Å²) in [6.07, 6.45) is 0. The van der Waals surface area contributed by atoms with Gasteiger partial charge in [0, 0.05) is 18.0 Å². The summed E-state index contributed by atoms with van der Waals surface area (Å²) in [5.74, 6) is 0.0732. The fraction of sp³-hybridized carbons (Fsp3) is 0.154. The number of ether oxygens (including phenoxy) is 1. The number of carbonyl (C=O) groups is 2. The van der Waals surface area contributed by atoms with E-state index in [2.05, 4.69) is 10.3 Å². The first-order chi connectivity index (χ1) is 9.54. The lowest BCUT2D eigenvalue weighted by Gasteiger charge is -2.05. The number of rotatable bonds is 5. The van der Waals surface area contributed by atoms with E-state index in [1.54, 1.807) is 29.6 Å². The molecular weight excluding hydrogens is 278 g/mol. The third kappa shape index (κ3) is 3.79. The second-order valence-corrected chi connectivity index (χ2v) is 4.86. The minimum absolute atomic E-state index is 0.139. The Bertz CT molecular complexity index is 622. The molecule has 0 aliphatic rings. The molecule has 2 rings (SSSR count). The number of nitrogens with zero attached hydrogens (tertiary/aromatic N) is 1. The molecule has 0 fully saturated rings. The average Bonchev–Trinajstić information content (AvgIpc) is 2.87. The van der Waals surface area contributed by atoms with Crippen molar-refractivity contribution >= 4 is 33.8 Å². The lowest BCUT2D eigenvalue weighted by atomic mass is 10.3. The van der Waals surface area contributed by atoms with Gasteiger partial charge in [0.1, 0.15) is 11.4 Å². The number of hydrogen-bond donors (Lipinski definition) is 2. The summed E-state index contributed by atoms with van der Waals surface area (Å²) in [7, 11) is 0. The number of amides is 1. The van der Waals surface area contributed by atoms with Crippen molar-refractivity contribution in [3.8, 4) is 5.75 Å². The van der Waals surface area contributed by atoms with Gasteiger partial charge in [-0.15, -0.1) is 11.3 Å². The Labute approximate surface area is 119 Å². The summed E-state index contributed by atoms with van der Waals surface area (Å²) in [5, 5.41) is 4.54. The first-order valence-corrected chi connectivity index (χ1v) is 6.67. The van der Waals surface area contributed by atoms with E-state index in [-0.39, 0.29) is 18.3 Å². The van der Waals surface area contributed by atoms with E-state index >= 15 is 0 Å². The fourth-order valence-electron chi connectivity index (χ4n) is 1.36. The van der Waals surface area contributed by atoms with E-state index in [4.69, 9.17) is 10.5 Å². The maximum atomic E-state index is 11.7. The summed E-state index contributed by atoms with van der Waals surface area (Å²) in [6.45, 7) is 1.28. The predicted octanol–water partition coefficient (Wildman–Crippen LogP) is 1.95. The Hall–Kier alpha value is -2.41. The number of Topliss-reactive ketones (excluding diaryl/α,β-unsaturated/α-hetero) is 1. The quantitative estimate of drug-likeness (QED) is 0.648. The zero-order chi connectivity index (χ0) is 14.5. The van der Waals surface area contributed by atoms with Gasteiger partial charge in [-0.3, -0.25) is 14.9 Å². The second kappa shape index (κ2) is 6.16. The summed E-state index contributed by atoms with van der Waals surface area (Å²) < 4.78 is 5.29. The number of anilines is 2. The van der Waals surface area contributed by atoms with Crippen molar-refractivity contribution in [2.45, 2.75) is 6.92 Å². The highest BCUT2D eigenvalue weighted by Crippen LogP contribution is 2.16. The van der Waals surface area contributed by atoms with Crippen LogP contribution in [0, 0.1) is 0 Å². The van der Waals surface area contributed by atoms with Crippen LogP contribution < -0.4 is 15.8 Å². The minimum atomic E-state index is -0.341. The van der Waals surface area contributed by atoms with Gasteiger partial charge in [-0.1, -0.05) is 0 Å². The average molecular weight is 291 g/mol. The molecule has 0 aliphatic carbocycles. The van der Waals surface area contributed by atoms with Gasteiger partial charge in [-0.05, 0) is 24.3 Å². The number of thiazole rings is 1. The number of benzene rings is 1. The minimum Gasteiger partial charge on any atom is -0.484 e. The lowest BCUT2D eigenvalue weighted by Crippen LogP contribution is -2.20. The van der Waals surface area contributed by atoms with Crippen LogP contribution in [-0.4, -0.2) is 23.3 Å². The van der Waals surface area contributed by atoms with Crippen molar-refractivity contribution in [1.29, 1.82) is 0 Å². The first kappa shape index (κ1) is 14.0. The Balaban J connectivity index is 1.85. The Morgan fingerprint density at radius 2 is 2.05 bits per heavy atom. The van der Waals surface area contributed by atoms with Crippen LogP contribution in [0.2, 0.25) is 0 Å². The van der Waals surface area contributed by atoms with Crippen LogP contribution in [0.3, 0.4) is 0 Å². The molecule has 0 saturated heterocycles. The van der Waals surface area contributed by atoms with E-state index in [0.717, 1.165) is 0 Å². The molecule has 7 heteroatoms. The molecule has 1 aromatic heterocycles. The van der Waals surface area contributed by atoms with Crippen molar-refractivity contribution in [2.75, 3.05) is 17.7 Å². The van der Waals surface area contributed by atoms with Gasteiger partial charge in [-0.2, -0.15) is 0 Å². The molecule has 6 nitrogen and oxygen atoms in total. The van der Waals surface area contributed by atoms with Gasteiger partial charge < -0.3 is 10.5 Å². The van der Waals surface area contributed by atoms with Gasteiger partial charge in [0.15, 0.2) is 17.5 Å². The monoisotopic (exact) mass is 291 g/mol. The standard InChI is InChI=1S/C13H13N3O3S/c1-8(17)11-7-20-13(15-11)16-12(18)6-19-10-4-2-9(14)3-5-10/h2-5,7H,6,14H2,1H3,(H,15,16,18). The molecule has 0 aliphatic heterocycles. The molecule has 0 bridgehead atoms. The SMILES string of the molecule is CC(=O)c1csc(NC(=O)COc2ccc(N)cc2)n1. The van der Waals surface area contributed by atoms with Crippen molar-refractivity contribution in [2.24, 2.45) is 0 Å². The van der Waals surface area contributed by atoms with Crippen LogP contribution in [0.15, 0.2) is 29.6 Å². The molecule has 0 atom stereocenters. The van der Waals surface area contributed by atoms with E-state index < -0.39 is 0 Å². The van der Waals surface area contributed by atoms with Crippen molar-refractivity contribution in [3.05, 3.63) is 35.3 Å².